The molecule has 1 aliphatic heterocycles. The van der Waals surface area contributed by atoms with Gasteiger partial charge in [-0.3, -0.25) is 4.90 Å². The van der Waals surface area contributed by atoms with Crippen LogP contribution in [0.3, 0.4) is 0 Å². The number of hydrogen-bond donors (Lipinski definition) is 0. The van der Waals surface area contributed by atoms with E-state index in [0.717, 1.165) is 19.7 Å². The molecule has 0 saturated carbocycles. The molecule has 10 heavy (non-hydrogen) atoms. The van der Waals surface area contributed by atoms with Crippen LogP contribution in [0.1, 0.15) is 20.3 Å². The number of likely N-dealkylation sites (tertiary alicyclic amines) is 1. The third-order valence-corrected chi connectivity index (χ3v) is 1.87. The van der Waals surface area contributed by atoms with Crippen LogP contribution in [0.5, 0.6) is 0 Å². The van der Waals surface area contributed by atoms with E-state index in [0.29, 0.717) is 6.10 Å². The molecule has 0 bridgehead atoms. The summed E-state index contributed by atoms with van der Waals surface area (Å²) in [6.45, 7) is 8.69. The summed E-state index contributed by atoms with van der Waals surface area (Å²) < 4.78 is 5.41. The van der Waals surface area contributed by atoms with Crippen molar-refractivity contribution in [1.82, 2.24) is 4.90 Å². The number of ether oxygens (including phenoxy) is 1. The third-order valence-electron chi connectivity index (χ3n) is 1.87. The van der Waals surface area contributed by atoms with Gasteiger partial charge < -0.3 is 4.74 Å². The van der Waals surface area contributed by atoms with Crippen LogP contribution >= 0.6 is 0 Å². The van der Waals surface area contributed by atoms with E-state index in [1.165, 1.54) is 13.0 Å². The minimum absolute atomic E-state index is 0.538. The van der Waals surface area contributed by atoms with Gasteiger partial charge in [0.15, 0.2) is 0 Å². The molecule has 1 aliphatic rings. The molecule has 2 heteroatoms. The topological polar surface area (TPSA) is 12.5 Å². The van der Waals surface area contributed by atoms with E-state index in [1.807, 2.05) is 0 Å². The summed E-state index contributed by atoms with van der Waals surface area (Å²) in [6, 6.07) is 0. The summed E-state index contributed by atoms with van der Waals surface area (Å²) in [6.07, 6.45) is 1.80. The lowest BCUT2D eigenvalue weighted by Crippen LogP contribution is -2.52. The largest absolute Gasteiger partial charge is 0.376 e. The second kappa shape index (κ2) is 3.94. The Bertz CT molecular complexity index is 79.3. The van der Waals surface area contributed by atoms with Gasteiger partial charge in [-0.1, -0.05) is 6.92 Å². The Balaban J connectivity index is 1.95. The first-order chi connectivity index (χ1) is 4.86. The fourth-order valence-corrected chi connectivity index (χ4v) is 1.36. The fraction of sp³-hybridized carbons (Fsp3) is 1.00. The second-order valence-corrected chi connectivity index (χ2v) is 2.84. The van der Waals surface area contributed by atoms with Crippen molar-refractivity contribution in [2.24, 2.45) is 0 Å². The van der Waals surface area contributed by atoms with E-state index in [1.54, 1.807) is 0 Å². The predicted octanol–water partition coefficient (Wildman–Crippen LogP) is 1.12. The molecule has 1 fully saturated rings. The Hall–Kier alpha value is -0.0800. The average Bonchev–Trinajstić information content (AvgIpc) is 1.84. The van der Waals surface area contributed by atoms with Gasteiger partial charge in [0.25, 0.3) is 0 Å². The average molecular weight is 143 g/mol. The van der Waals surface area contributed by atoms with Crippen molar-refractivity contribution >= 4 is 0 Å². The van der Waals surface area contributed by atoms with E-state index in [2.05, 4.69) is 18.7 Å². The first-order valence-electron chi connectivity index (χ1n) is 4.20. The van der Waals surface area contributed by atoms with Crippen LogP contribution in [0.15, 0.2) is 0 Å². The van der Waals surface area contributed by atoms with Gasteiger partial charge in [0.2, 0.25) is 0 Å². The molecule has 0 spiro atoms. The summed E-state index contributed by atoms with van der Waals surface area (Å²) in [7, 11) is 0. The molecule has 0 radical (unpaired) electrons. The van der Waals surface area contributed by atoms with E-state index in [4.69, 9.17) is 4.74 Å². The predicted molar refractivity (Wildman–Crippen MR) is 42.1 cm³/mol. The van der Waals surface area contributed by atoms with Gasteiger partial charge in [0.1, 0.15) is 0 Å². The van der Waals surface area contributed by atoms with Gasteiger partial charge in [-0.05, 0) is 19.9 Å². The minimum atomic E-state index is 0.538. The first kappa shape index (κ1) is 8.02. The van der Waals surface area contributed by atoms with Crippen LogP contribution in [0.4, 0.5) is 0 Å². The molecule has 0 unspecified atom stereocenters. The van der Waals surface area contributed by atoms with Crippen molar-refractivity contribution in [3.05, 3.63) is 0 Å². The molecule has 0 atom stereocenters. The van der Waals surface area contributed by atoms with Crippen LogP contribution in [-0.2, 0) is 4.74 Å². The Morgan fingerprint density at radius 3 is 2.60 bits per heavy atom. The summed E-state index contributed by atoms with van der Waals surface area (Å²) in [5.41, 5.74) is 0. The van der Waals surface area contributed by atoms with Gasteiger partial charge in [0.05, 0.1) is 6.10 Å². The highest BCUT2D eigenvalue weighted by Crippen LogP contribution is 2.10. The highest BCUT2D eigenvalue weighted by Gasteiger charge is 2.25. The Kier molecular flexibility index (Phi) is 3.16. The summed E-state index contributed by atoms with van der Waals surface area (Å²) in [5, 5.41) is 0. The normalized spacial score (nSPS) is 21.0. The lowest BCUT2D eigenvalue weighted by molar-refractivity contribution is -0.0491. The molecule has 0 aliphatic carbocycles. The van der Waals surface area contributed by atoms with Gasteiger partial charge in [0, 0.05) is 19.7 Å². The molecule has 1 heterocycles. The molecular weight excluding hydrogens is 126 g/mol. The Morgan fingerprint density at radius 1 is 1.40 bits per heavy atom. The maximum atomic E-state index is 5.41. The van der Waals surface area contributed by atoms with Gasteiger partial charge in [-0.2, -0.15) is 0 Å². The second-order valence-electron chi connectivity index (χ2n) is 2.84. The summed E-state index contributed by atoms with van der Waals surface area (Å²) in [4.78, 5) is 2.43. The highest BCUT2D eigenvalue weighted by molar-refractivity contribution is 4.79. The SMILES string of the molecule is CCCN1CC(OCC)C1. The van der Waals surface area contributed by atoms with Gasteiger partial charge in [-0.25, -0.2) is 0 Å². The number of nitrogens with zero attached hydrogens (tertiary/aromatic N) is 1. The van der Waals surface area contributed by atoms with Crippen LogP contribution in [0, 0.1) is 0 Å². The van der Waals surface area contributed by atoms with Crippen molar-refractivity contribution in [3.63, 3.8) is 0 Å². The van der Waals surface area contributed by atoms with Crippen molar-refractivity contribution in [1.29, 1.82) is 0 Å². The molecule has 60 valence electrons. The monoisotopic (exact) mass is 143 g/mol. The molecule has 0 aromatic carbocycles. The maximum absolute atomic E-state index is 5.41. The molecular formula is C8H17NO. The third kappa shape index (κ3) is 1.96. The standard InChI is InChI=1S/C8H17NO/c1-3-5-9-6-8(7-9)10-4-2/h8H,3-7H2,1-2H3. The Labute approximate surface area is 63.2 Å². The molecule has 1 rings (SSSR count). The molecule has 0 N–H and O–H groups in total. The quantitative estimate of drug-likeness (QED) is 0.584. The lowest BCUT2D eigenvalue weighted by atomic mass is 10.1. The zero-order chi connectivity index (χ0) is 7.40. The molecule has 0 aromatic rings. The highest BCUT2D eigenvalue weighted by atomic mass is 16.5. The first-order valence-corrected chi connectivity index (χ1v) is 4.20. The fourth-order valence-electron chi connectivity index (χ4n) is 1.36. The number of hydrogen-bond acceptors (Lipinski definition) is 2. The van der Waals surface area contributed by atoms with Crippen molar-refractivity contribution in [3.8, 4) is 0 Å². The smallest absolute Gasteiger partial charge is 0.0828 e. The van der Waals surface area contributed by atoms with Crippen LogP contribution in [0.25, 0.3) is 0 Å². The van der Waals surface area contributed by atoms with Crippen molar-refractivity contribution in [2.45, 2.75) is 26.4 Å². The zero-order valence-corrected chi connectivity index (χ0v) is 6.97. The van der Waals surface area contributed by atoms with Crippen molar-refractivity contribution < 1.29 is 4.74 Å². The van der Waals surface area contributed by atoms with Gasteiger partial charge in [-0.15, -0.1) is 0 Å². The molecule has 0 amide bonds. The molecule has 1 saturated heterocycles. The van der Waals surface area contributed by atoms with E-state index >= 15 is 0 Å². The lowest BCUT2D eigenvalue weighted by Gasteiger charge is -2.38. The zero-order valence-electron chi connectivity index (χ0n) is 6.97. The molecule has 0 aromatic heterocycles. The maximum Gasteiger partial charge on any atom is 0.0828 e. The van der Waals surface area contributed by atoms with Crippen molar-refractivity contribution in [2.75, 3.05) is 26.2 Å². The molecule has 2 nitrogen and oxygen atoms in total. The van der Waals surface area contributed by atoms with Gasteiger partial charge >= 0.3 is 0 Å². The summed E-state index contributed by atoms with van der Waals surface area (Å²) in [5.74, 6) is 0. The van der Waals surface area contributed by atoms with Crippen LogP contribution in [0.2, 0.25) is 0 Å². The van der Waals surface area contributed by atoms with E-state index in [-0.39, 0.29) is 0 Å². The number of rotatable bonds is 4. The van der Waals surface area contributed by atoms with Crippen LogP contribution in [-0.4, -0.2) is 37.2 Å². The Morgan fingerprint density at radius 2 is 2.10 bits per heavy atom. The van der Waals surface area contributed by atoms with E-state index < -0.39 is 0 Å². The van der Waals surface area contributed by atoms with Crippen LogP contribution < -0.4 is 0 Å². The summed E-state index contributed by atoms with van der Waals surface area (Å²) >= 11 is 0. The minimum Gasteiger partial charge on any atom is -0.376 e. The van der Waals surface area contributed by atoms with E-state index in [9.17, 15) is 0 Å².